The van der Waals surface area contributed by atoms with Crippen LogP contribution in [0.5, 0.6) is 0 Å². The van der Waals surface area contributed by atoms with Gasteiger partial charge in [-0.2, -0.15) is 0 Å². The molecule has 9 heteroatoms. The van der Waals surface area contributed by atoms with E-state index in [2.05, 4.69) is 25.2 Å². The summed E-state index contributed by atoms with van der Waals surface area (Å²) >= 11 is 3.08. The summed E-state index contributed by atoms with van der Waals surface area (Å²) in [6, 6.07) is 7.99. The van der Waals surface area contributed by atoms with Crippen LogP contribution in [0.1, 0.15) is 5.01 Å². The molecular formula is C12H11N5O2S2. The number of carbonyl (C=O) groups is 1. The molecule has 0 N–H and O–H groups in total. The molecule has 3 rings (SSSR count). The minimum atomic E-state index is -0.385. The molecule has 0 aliphatic heterocycles. The van der Waals surface area contributed by atoms with Gasteiger partial charge < -0.3 is 4.74 Å². The van der Waals surface area contributed by atoms with Gasteiger partial charge in [-0.3, -0.25) is 4.79 Å². The van der Waals surface area contributed by atoms with Gasteiger partial charge in [0.05, 0.1) is 23.1 Å². The molecule has 3 aromatic rings. The van der Waals surface area contributed by atoms with Gasteiger partial charge in [0.2, 0.25) is 5.16 Å². The number of thiazole rings is 1. The van der Waals surface area contributed by atoms with Gasteiger partial charge in [-0.05, 0) is 22.6 Å². The Morgan fingerprint density at radius 2 is 2.29 bits per heavy atom. The van der Waals surface area contributed by atoms with Gasteiger partial charge in [0.25, 0.3) is 0 Å². The highest BCUT2D eigenvalue weighted by Gasteiger charge is 2.12. The fraction of sp³-hybridized carbons (Fsp3) is 0.250. The lowest BCUT2D eigenvalue weighted by Gasteiger charge is -2.01. The molecule has 7 nitrogen and oxygen atoms in total. The number of carbonyl (C=O) groups excluding carboxylic acids is 1. The second kappa shape index (κ2) is 6.19. The first-order valence-corrected chi connectivity index (χ1v) is 7.86. The maximum Gasteiger partial charge on any atom is 0.327 e. The molecule has 0 saturated carbocycles. The lowest BCUT2D eigenvalue weighted by molar-refractivity contribution is -0.141. The van der Waals surface area contributed by atoms with Crippen molar-refractivity contribution in [3.8, 4) is 0 Å². The Labute approximate surface area is 128 Å². The monoisotopic (exact) mass is 321 g/mol. The lowest BCUT2D eigenvalue weighted by Crippen LogP contribution is -2.13. The molecule has 0 aliphatic carbocycles. The maximum atomic E-state index is 11.3. The van der Waals surface area contributed by atoms with Crippen LogP contribution >= 0.6 is 23.1 Å². The van der Waals surface area contributed by atoms with Crippen LogP contribution in [-0.2, 0) is 21.8 Å². The zero-order valence-electron chi connectivity index (χ0n) is 11.1. The zero-order valence-corrected chi connectivity index (χ0v) is 12.7. The Kier molecular flexibility index (Phi) is 4.11. The number of para-hydroxylation sites is 1. The molecule has 0 amide bonds. The zero-order chi connectivity index (χ0) is 14.7. The molecule has 0 atom stereocenters. The summed E-state index contributed by atoms with van der Waals surface area (Å²) in [5.41, 5.74) is 0.993. The molecule has 1 aromatic carbocycles. The predicted octanol–water partition coefficient (Wildman–Crippen LogP) is 1.75. The van der Waals surface area contributed by atoms with Crippen molar-refractivity contribution in [3.05, 3.63) is 29.3 Å². The smallest absolute Gasteiger partial charge is 0.327 e. The number of tetrazole rings is 1. The molecule has 0 bridgehead atoms. The Morgan fingerprint density at radius 3 is 3.10 bits per heavy atom. The number of ether oxygens (including phenoxy) is 1. The summed E-state index contributed by atoms with van der Waals surface area (Å²) in [5.74, 6) is 0.269. The molecular weight excluding hydrogens is 310 g/mol. The summed E-state index contributed by atoms with van der Waals surface area (Å²) in [6.07, 6.45) is 0. The standard InChI is InChI=1S/C12H11N5O2S2/c1-19-11(18)6-17-12(14-15-16-17)20-7-10-13-8-4-2-3-5-9(8)21-10/h2-5H,6-7H2,1H3. The number of aromatic nitrogens is 5. The Hall–Kier alpha value is -2.00. The van der Waals surface area contributed by atoms with E-state index in [1.807, 2.05) is 24.3 Å². The number of methoxy groups -OCH3 is 1. The topological polar surface area (TPSA) is 82.8 Å². The fourth-order valence-corrected chi connectivity index (χ4v) is 3.53. The molecule has 0 saturated heterocycles. The van der Waals surface area contributed by atoms with Gasteiger partial charge in [0, 0.05) is 0 Å². The highest BCUT2D eigenvalue weighted by atomic mass is 32.2. The Balaban J connectivity index is 1.70. The summed E-state index contributed by atoms with van der Waals surface area (Å²) in [5, 5.41) is 12.8. The van der Waals surface area contributed by atoms with Crippen molar-refractivity contribution in [2.45, 2.75) is 17.5 Å². The Morgan fingerprint density at radius 1 is 1.43 bits per heavy atom. The van der Waals surface area contributed by atoms with Crippen LogP contribution in [0.25, 0.3) is 10.2 Å². The van der Waals surface area contributed by atoms with Gasteiger partial charge in [0.1, 0.15) is 11.6 Å². The predicted molar refractivity (Wildman–Crippen MR) is 79.0 cm³/mol. The molecule has 108 valence electrons. The van der Waals surface area contributed by atoms with Crippen molar-refractivity contribution >= 4 is 39.3 Å². The average molecular weight is 321 g/mol. The molecule has 0 fully saturated rings. The van der Waals surface area contributed by atoms with E-state index in [1.54, 1.807) is 11.3 Å². The van der Waals surface area contributed by atoms with Crippen molar-refractivity contribution in [1.29, 1.82) is 0 Å². The van der Waals surface area contributed by atoms with Crippen LogP contribution < -0.4 is 0 Å². The SMILES string of the molecule is COC(=O)Cn1nnnc1SCc1nc2ccccc2s1. The van der Waals surface area contributed by atoms with Crippen LogP contribution in [0.4, 0.5) is 0 Å². The largest absolute Gasteiger partial charge is 0.468 e. The highest BCUT2D eigenvalue weighted by Crippen LogP contribution is 2.27. The molecule has 0 aliphatic rings. The highest BCUT2D eigenvalue weighted by molar-refractivity contribution is 7.98. The lowest BCUT2D eigenvalue weighted by atomic mass is 10.3. The van der Waals surface area contributed by atoms with Crippen LogP contribution in [0.3, 0.4) is 0 Å². The van der Waals surface area contributed by atoms with E-state index in [9.17, 15) is 4.79 Å². The van der Waals surface area contributed by atoms with Gasteiger partial charge in [-0.25, -0.2) is 9.67 Å². The van der Waals surface area contributed by atoms with E-state index in [-0.39, 0.29) is 12.5 Å². The first-order valence-electron chi connectivity index (χ1n) is 6.06. The molecule has 0 spiro atoms. The van der Waals surface area contributed by atoms with Gasteiger partial charge >= 0.3 is 5.97 Å². The third-order valence-corrected chi connectivity index (χ3v) is 4.86. The number of rotatable bonds is 5. The van der Waals surface area contributed by atoms with E-state index in [0.717, 1.165) is 15.2 Å². The summed E-state index contributed by atoms with van der Waals surface area (Å²) in [4.78, 5) is 15.8. The fourth-order valence-electron chi connectivity index (χ4n) is 1.69. The number of hydrogen-bond donors (Lipinski definition) is 0. The molecule has 2 aromatic heterocycles. The van der Waals surface area contributed by atoms with E-state index in [1.165, 1.54) is 23.6 Å². The number of hydrogen-bond acceptors (Lipinski definition) is 8. The number of benzene rings is 1. The van der Waals surface area contributed by atoms with Crippen LogP contribution in [-0.4, -0.2) is 38.3 Å². The minimum Gasteiger partial charge on any atom is -0.468 e. The van der Waals surface area contributed by atoms with E-state index < -0.39 is 0 Å². The average Bonchev–Trinajstić information content (AvgIpc) is 3.10. The first kappa shape index (κ1) is 14.0. The minimum absolute atomic E-state index is 0.00563. The van der Waals surface area contributed by atoms with Crippen LogP contribution in [0.2, 0.25) is 0 Å². The van der Waals surface area contributed by atoms with Gasteiger partial charge in [-0.15, -0.1) is 16.4 Å². The van der Waals surface area contributed by atoms with Crippen LogP contribution in [0.15, 0.2) is 29.4 Å². The third kappa shape index (κ3) is 3.19. The number of fused-ring (bicyclic) bond motifs is 1. The van der Waals surface area contributed by atoms with Gasteiger partial charge in [-0.1, -0.05) is 23.9 Å². The number of esters is 1. The van der Waals surface area contributed by atoms with Crippen molar-refractivity contribution < 1.29 is 9.53 Å². The normalized spacial score (nSPS) is 10.9. The summed E-state index contributed by atoms with van der Waals surface area (Å²) in [7, 11) is 1.33. The quantitative estimate of drug-likeness (QED) is 0.523. The number of nitrogens with zero attached hydrogens (tertiary/aromatic N) is 5. The summed E-state index contributed by atoms with van der Waals surface area (Å²) in [6.45, 7) is 0.00563. The molecule has 2 heterocycles. The van der Waals surface area contributed by atoms with E-state index >= 15 is 0 Å². The van der Waals surface area contributed by atoms with E-state index in [0.29, 0.717) is 10.9 Å². The van der Waals surface area contributed by atoms with E-state index in [4.69, 9.17) is 0 Å². The molecule has 0 radical (unpaired) electrons. The van der Waals surface area contributed by atoms with Crippen molar-refractivity contribution in [2.24, 2.45) is 0 Å². The number of thioether (sulfide) groups is 1. The van der Waals surface area contributed by atoms with Crippen LogP contribution in [0, 0.1) is 0 Å². The van der Waals surface area contributed by atoms with Crippen molar-refractivity contribution in [2.75, 3.05) is 7.11 Å². The van der Waals surface area contributed by atoms with Crippen molar-refractivity contribution in [3.63, 3.8) is 0 Å². The molecule has 21 heavy (non-hydrogen) atoms. The van der Waals surface area contributed by atoms with Gasteiger partial charge in [0.15, 0.2) is 0 Å². The Bertz CT molecular complexity index is 737. The third-order valence-electron chi connectivity index (χ3n) is 2.67. The maximum absolute atomic E-state index is 11.3. The first-order chi connectivity index (χ1) is 10.3. The molecule has 0 unspecified atom stereocenters. The summed E-state index contributed by atoms with van der Waals surface area (Å²) < 4.78 is 7.18. The second-order valence-corrected chi connectivity index (χ2v) is 6.12. The second-order valence-electron chi connectivity index (χ2n) is 4.06. The van der Waals surface area contributed by atoms with Crippen molar-refractivity contribution in [1.82, 2.24) is 25.2 Å².